The van der Waals surface area contributed by atoms with E-state index in [-0.39, 0.29) is 0 Å². The number of allylic oxidation sites excluding steroid dienone is 1. The Morgan fingerprint density at radius 3 is 2.47 bits per heavy atom. The molecular weight excluding hydrogens is 227 g/mol. The summed E-state index contributed by atoms with van der Waals surface area (Å²) in [6, 6.07) is 3.80. The summed E-state index contributed by atoms with van der Waals surface area (Å²) < 4.78 is 37.4. The number of nitrogens with two attached hydrogens (primary N) is 1. The first kappa shape index (κ1) is 13.8. The quantitative estimate of drug-likeness (QED) is 0.859. The lowest BCUT2D eigenvalue weighted by atomic mass is 9.98. The number of benzene rings is 1. The van der Waals surface area contributed by atoms with Gasteiger partial charge in [-0.25, -0.2) is 0 Å². The van der Waals surface area contributed by atoms with Gasteiger partial charge in [-0.2, -0.15) is 13.2 Å². The van der Waals surface area contributed by atoms with Crippen LogP contribution < -0.4 is 5.73 Å². The van der Waals surface area contributed by atoms with Crippen molar-refractivity contribution in [1.29, 1.82) is 0 Å². The molecule has 0 saturated heterocycles. The minimum absolute atomic E-state index is 0.539. The molecule has 0 atom stereocenters. The van der Waals surface area contributed by atoms with Crippen LogP contribution in [-0.2, 0) is 6.18 Å². The summed E-state index contributed by atoms with van der Waals surface area (Å²) in [5.41, 5.74) is 7.20. The molecule has 0 aromatic heterocycles. The van der Waals surface area contributed by atoms with Gasteiger partial charge >= 0.3 is 6.18 Å². The molecule has 0 bridgehead atoms. The number of halogens is 3. The van der Waals surface area contributed by atoms with Crippen molar-refractivity contribution in [1.82, 2.24) is 0 Å². The van der Waals surface area contributed by atoms with Crippen molar-refractivity contribution in [2.75, 3.05) is 6.54 Å². The predicted molar refractivity (Wildman–Crippen MR) is 63.5 cm³/mol. The van der Waals surface area contributed by atoms with E-state index in [9.17, 15) is 13.2 Å². The van der Waals surface area contributed by atoms with E-state index in [1.165, 1.54) is 12.1 Å². The summed E-state index contributed by atoms with van der Waals surface area (Å²) in [5, 5.41) is 0. The smallest absolute Gasteiger partial charge is 0.330 e. The Balaban J connectivity index is 3.06. The minimum atomic E-state index is -4.28. The fraction of sp³-hybridized carbons (Fsp3) is 0.385. The molecular formula is C13H16F3N. The van der Waals surface area contributed by atoms with Crippen molar-refractivity contribution in [2.45, 2.75) is 26.4 Å². The van der Waals surface area contributed by atoms with Crippen molar-refractivity contribution in [3.8, 4) is 0 Å². The van der Waals surface area contributed by atoms with E-state index in [0.29, 0.717) is 12.1 Å². The van der Waals surface area contributed by atoms with Crippen molar-refractivity contribution in [3.63, 3.8) is 0 Å². The third-order valence-corrected chi connectivity index (χ3v) is 2.60. The van der Waals surface area contributed by atoms with Crippen LogP contribution in [0.4, 0.5) is 13.2 Å². The van der Waals surface area contributed by atoms with Crippen molar-refractivity contribution < 1.29 is 13.2 Å². The maximum Gasteiger partial charge on any atom is 0.416 e. The van der Waals surface area contributed by atoms with Gasteiger partial charge in [-0.3, -0.25) is 0 Å². The summed E-state index contributed by atoms with van der Waals surface area (Å²) in [6.45, 7) is 4.10. The number of alkyl halides is 3. The second kappa shape index (κ2) is 5.36. The highest BCUT2D eigenvalue weighted by Gasteiger charge is 2.30. The average molecular weight is 243 g/mol. The number of aryl methyl sites for hydroxylation is 1. The lowest BCUT2D eigenvalue weighted by Crippen LogP contribution is -2.05. The van der Waals surface area contributed by atoms with E-state index in [1.807, 2.05) is 13.0 Å². The molecule has 0 aliphatic carbocycles. The maximum atomic E-state index is 12.5. The molecule has 4 heteroatoms. The van der Waals surface area contributed by atoms with Gasteiger partial charge in [0.1, 0.15) is 0 Å². The predicted octanol–water partition coefficient (Wildman–Crippen LogP) is 3.77. The highest BCUT2D eigenvalue weighted by molar-refractivity contribution is 5.66. The Morgan fingerprint density at radius 1 is 1.35 bits per heavy atom. The van der Waals surface area contributed by atoms with Crippen LogP contribution in [0.3, 0.4) is 0 Å². The topological polar surface area (TPSA) is 26.0 Å². The molecule has 1 nitrogen and oxygen atoms in total. The maximum absolute atomic E-state index is 12.5. The van der Waals surface area contributed by atoms with E-state index < -0.39 is 11.7 Å². The van der Waals surface area contributed by atoms with Gasteiger partial charge in [0, 0.05) is 0 Å². The monoisotopic (exact) mass is 243 g/mol. The van der Waals surface area contributed by atoms with Crippen LogP contribution in [0.5, 0.6) is 0 Å². The van der Waals surface area contributed by atoms with Crippen LogP contribution in [0.15, 0.2) is 24.3 Å². The van der Waals surface area contributed by atoms with E-state index in [4.69, 9.17) is 5.73 Å². The first-order valence-electron chi connectivity index (χ1n) is 5.41. The van der Waals surface area contributed by atoms with Crippen LogP contribution in [0.25, 0.3) is 5.57 Å². The van der Waals surface area contributed by atoms with Gasteiger partial charge in [-0.15, -0.1) is 0 Å². The Hall–Kier alpha value is -1.29. The van der Waals surface area contributed by atoms with E-state index in [2.05, 4.69) is 0 Å². The molecule has 1 rings (SSSR count). The Morgan fingerprint density at radius 2 is 2.00 bits per heavy atom. The zero-order valence-corrected chi connectivity index (χ0v) is 9.93. The lowest BCUT2D eigenvalue weighted by Gasteiger charge is -2.11. The second-order valence-corrected chi connectivity index (χ2v) is 3.99. The molecule has 1 aromatic carbocycles. The first-order valence-corrected chi connectivity index (χ1v) is 5.41. The molecule has 2 N–H and O–H groups in total. The van der Waals surface area contributed by atoms with Crippen molar-refractivity contribution >= 4 is 5.57 Å². The average Bonchev–Trinajstić information content (AvgIpc) is 2.24. The zero-order valence-electron chi connectivity index (χ0n) is 9.93. The molecule has 0 amide bonds. The van der Waals surface area contributed by atoms with Gasteiger partial charge in [0.2, 0.25) is 0 Å². The normalized spacial score (nSPS) is 12.9. The molecule has 94 valence electrons. The highest BCUT2D eigenvalue weighted by Crippen LogP contribution is 2.31. The van der Waals surface area contributed by atoms with Crippen LogP contribution >= 0.6 is 0 Å². The molecule has 0 aliphatic heterocycles. The zero-order chi connectivity index (χ0) is 13.1. The molecule has 0 spiro atoms. The van der Waals surface area contributed by atoms with E-state index in [1.54, 1.807) is 6.92 Å². The minimum Gasteiger partial charge on any atom is -0.330 e. The SMILES string of the molecule is C/C(=C/CCN)c1ccc(C(F)(F)F)cc1C. The summed E-state index contributed by atoms with van der Waals surface area (Å²) in [6.07, 6.45) is -1.61. The Labute approximate surface area is 99.1 Å². The van der Waals surface area contributed by atoms with E-state index in [0.717, 1.165) is 23.6 Å². The van der Waals surface area contributed by atoms with Gasteiger partial charge in [-0.05, 0) is 55.6 Å². The summed E-state index contributed by atoms with van der Waals surface area (Å²) in [5.74, 6) is 0. The summed E-state index contributed by atoms with van der Waals surface area (Å²) in [4.78, 5) is 0. The Bertz CT molecular complexity index is 419. The van der Waals surface area contributed by atoms with Crippen molar-refractivity contribution in [3.05, 3.63) is 41.0 Å². The molecule has 0 heterocycles. The number of hydrogen-bond acceptors (Lipinski definition) is 1. The van der Waals surface area contributed by atoms with E-state index >= 15 is 0 Å². The molecule has 0 fully saturated rings. The Kier molecular flexibility index (Phi) is 4.34. The van der Waals surface area contributed by atoms with Gasteiger partial charge in [0.25, 0.3) is 0 Å². The number of rotatable bonds is 3. The molecule has 0 radical (unpaired) electrons. The second-order valence-electron chi connectivity index (χ2n) is 3.99. The van der Waals surface area contributed by atoms with Crippen LogP contribution in [0.1, 0.15) is 30.0 Å². The van der Waals surface area contributed by atoms with Crippen LogP contribution in [-0.4, -0.2) is 6.54 Å². The summed E-state index contributed by atoms with van der Waals surface area (Å²) in [7, 11) is 0. The lowest BCUT2D eigenvalue weighted by molar-refractivity contribution is -0.137. The van der Waals surface area contributed by atoms with Gasteiger partial charge < -0.3 is 5.73 Å². The fourth-order valence-electron chi connectivity index (χ4n) is 1.69. The van der Waals surface area contributed by atoms with Gasteiger partial charge in [0.15, 0.2) is 0 Å². The van der Waals surface area contributed by atoms with Crippen molar-refractivity contribution in [2.24, 2.45) is 5.73 Å². The highest BCUT2D eigenvalue weighted by atomic mass is 19.4. The van der Waals surface area contributed by atoms with Crippen LogP contribution in [0.2, 0.25) is 0 Å². The largest absolute Gasteiger partial charge is 0.416 e. The van der Waals surface area contributed by atoms with Crippen LogP contribution in [0, 0.1) is 6.92 Å². The summed E-state index contributed by atoms with van der Waals surface area (Å²) >= 11 is 0. The fourth-order valence-corrected chi connectivity index (χ4v) is 1.69. The third-order valence-electron chi connectivity index (χ3n) is 2.60. The van der Waals surface area contributed by atoms with Gasteiger partial charge in [0.05, 0.1) is 5.56 Å². The molecule has 0 saturated carbocycles. The van der Waals surface area contributed by atoms with Gasteiger partial charge in [-0.1, -0.05) is 12.1 Å². The standard InChI is InChI=1S/C13H16F3N/c1-9(4-3-7-17)12-6-5-11(8-10(12)2)13(14,15)16/h4-6,8H,3,7,17H2,1-2H3/b9-4-. The molecule has 17 heavy (non-hydrogen) atoms. The number of hydrogen-bond donors (Lipinski definition) is 1. The molecule has 0 unspecified atom stereocenters. The molecule has 0 aliphatic rings. The third kappa shape index (κ3) is 3.60. The molecule has 1 aromatic rings. The first-order chi connectivity index (χ1) is 7.86.